The van der Waals surface area contributed by atoms with Crippen molar-refractivity contribution >= 4 is 23.2 Å². The number of nitrogens with zero attached hydrogens (tertiary/aromatic N) is 4. The van der Waals surface area contributed by atoms with Gasteiger partial charge in [0.15, 0.2) is 6.29 Å². The second-order valence-electron chi connectivity index (χ2n) is 12.4. The van der Waals surface area contributed by atoms with E-state index in [0.717, 1.165) is 60.7 Å². The zero-order chi connectivity index (χ0) is 33.2. The molecule has 11 heteroatoms. The Kier molecular flexibility index (Phi) is 9.00. The van der Waals surface area contributed by atoms with E-state index >= 15 is 0 Å². The highest BCUT2D eigenvalue weighted by molar-refractivity contribution is 6.21. The van der Waals surface area contributed by atoms with E-state index in [4.69, 9.17) is 9.47 Å². The molecule has 3 aliphatic rings. The molecule has 0 spiro atoms. The van der Waals surface area contributed by atoms with Gasteiger partial charge in [0.25, 0.3) is 17.5 Å². The Bertz CT molecular complexity index is 1750. The number of nitro groups is 1. The standard InChI is InChI=1S/C37H36N4O7/c42-24-26-7-9-27(10-8-26)34-21-31(23-38-17-19-39(20-18-38)29-13-15-30(16-14-29)41(45)46)47-37(48-34)28-11-5-25(6-12-28)22-40-35(43)32-3-1-2-4-33(32)36(40)44/h1-16,31,34,37,42H,17-24H2/t31-,34+,37+/m0/s1. The van der Waals surface area contributed by atoms with Crippen LogP contribution < -0.4 is 4.90 Å². The molecule has 3 atom stereocenters. The first-order valence-electron chi connectivity index (χ1n) is 16.1. The number of ether oxygens (including phenoxy) is 2. The lowest BCUT2D eigenvalue weighted by molar-refractivity contribution is -0.384. The molecule has 48 heavy (non-hydrogen) atoms. The normalized spacial score (nSPS) is 21.4. The number of piperazine rings is 1. The van der Waals surface area contributed by atoms with Crippen LogP contribution >= 0.6 is 0 Å². The average molecular weight is 649 g/mol. The van der Waals surface area contributed by atoms with E-state index in [9.17, 15) is 24.8 Å². The van der Waals surface area contributed by atoms with Crippen LogP contribution in [0.15, 0.2) is 97.1 Å². The minimum atomic E-state index is -0.624. The third-order valence-corrected chi connectivity index (χ3v) is 9.35. The van der Waals surface area contributed by atoms with E-state index in [-0.39, 0.29) is 47.8 Å². The summed E-state index contributed by atoms with van der Waals surface area (Å²) in [6, 6.07) is 29.0. The van der Waals surface area contributed by atoms with Crippen LogP contribution in [0.2, 0.25) is 0 Å². The maximum Gasteiger partial charge on any atom is 0.269 e. The third-order valence-electron chi connectivity index (χ3n) is 9.35. The van der Waals surface area contributed by atoms with Crippen molar-refractivity contribution in [2.24, 2.45) is 0 Å². The molecule has 2 saturated heterocycles. The number of aliphatic hydroxyl groups excluding tert-OH is 1. The summed E-state index contributed by atoms with van der Waals surface area (Å²) in [5, 5.41) is 20.6. The third kappa shape index (κ3) is 6.58. The molecule has 0 radical (unpaired) electrons. The number of amides is 2. The fourth-order valence-corrected chi connectivity index (χ4v) is 6.64. The number of anilines is 1. The predicted octanol–water partition coefficient (Wildman–Crippen LogP) is 5.25. The van der Waals surface area contributed by atoms with Crippen LogP contribution in [0.4, 0.5) is 11.4 Å². The summed E-state index contributed by atoms with van der Waals surface area (Å²) in [6.07, 6.45) is -0.299. The average Bonchev–Trinajstić information content (AvgIpc) is 3.37. The summed E-state index contributed by atoms with van der Waals surface area (Å²) in [7, 11) is 0. The van der Waals surface area contributed by atoms with Crippen LogP contribution in [-0.4, -0.2) is 70.5 Å². The molecule has 7 rings (SSSR count). The lowest BCUT2D eigenvalue weighted by atomic mass is 9.99. The van der Waals surface area contributed by atoms with Crippen molar-refractivity contribution in [1.82, 2.24) is 9.80 Å². The maximum absolute atomic E-state index is 12.9. The van der Waals surface area contributed by atoms with Gasteiger partial charge in [-0.25, -0.2) is 0 Å². The van der Waals surface area contributed by atoms with Gasteiger partial charge in [0.05, 0.1) is 41.4 Å². The molecule has 3 aliphatic heterocycles. The Hall–Kier alpha value is -4.94. The Morgan fingerprint density at radius 1 is 0.750 bits per heavy atom. The van der Waals surface area contributed by atoms with Crippen LogP contribution in [0.25, 0.3) is 0 Å². The zero-order valence-electron chi connectivity index (χ0n) is 26.3. The van der Waals surface area contributed by atoms with Gasteiger partial charge in [0.1, 0.15) is 0 Å². The minimum Gasteiger partial charge on any atom is -0.392 e. The molecular weight excluding hydrogens is 612 g/mol. The van der Waals surface area contributed by atoms with Gasteiger partial charge in [-0.2, -0.15) is 0 Å². The zero-order valence-corrected chi connectivity index (χ0v) is 26.3. The summed E-state index contributed by atoms with van der Waals surface area (Å²) >= 11 is 0. The van der Waals surface area contributed by atoms with Gasteiger partial charge in [-0.05, 0) is 41.0 Å². The van der Waals surface area contributed by atoms with Crippen molar-refractivity contribution in [2.75, 3.05) is 37.6 Å². The number of imide groups is 1. The first-order valence-corrected chi connectivity index (χ1v) is 16.1. The number of hydrogen-bond acceptors (Lipinski definition) is 9. The molecule has 4 aromatic carbocycles. The van der Waals surface area contributed by atoms with Gasteiger partial charge >= 0.3 is 0 Å². The van der Waals surface area contributed by atoms with Gasteiger partial charge in [-0.15, -0.1) is 0 Å². The van der Waals surface area contributed by atoms with Gasteiger partial charge in [0, 0.05) is 62.5 Å². The SMILES string of the molecule is O=C1c2ccccc2C(=O)N1Cc1ccc([C@@H]2O[C@H](CN3CCN(c4ccc([N+](=O)[O-])cc4)CC3)C[C@H](c3ccc(CO)cc3)O2)cc1. The number of carbonyl (C=O) groups is 2. The molecule has 2 amide bonds. The highest BCUT2D eigenvalue weighted by Crippen LogP contribution is 2.38. The Labute approximate surface area is 278 Å². The molecule has 0 aliphatic carbocycles. The van der Waals surface area contributed by atoms with E-state index in [1.54, 1.807) is 48.5 Å². The fourth-order valence-electron chi connectivity index (χ4n) is 6.64. The number of benzene rings is 4. The highest BCUT2D eigenvalue weighted by atomic mass is 16.7. The number of rotatable bonds is 9. The van der Waals surface area contributed by atoms with E-state index in [1.165, 1.54) is 4.90 Å². The van der Waals surface area contributed by atoms with Gasteiger partial charge in [-0.3, -0.25) is 29.5 Å². The summed E-state index contributed by atoms with van der Waals surface area (Å²) in [6.45, 7) is 4.11. The smallest absolute Gasteiger partial charge is 0.269 e. The maximum atomic E-state index is 12.9. The van der Waals surface area contributed by atoms with Crippen molar-refractivity contribution in [3.05, 3.63) is 141 Å². The molecule has 4 aromatic rings. The van der Waals surface area contributed by atoms with E-state index in [0.29, 0.717) is 17.5 Å². The number of non-ortho nitro benzene ring substituents is 1. The molecule has 11 nitrogen and oxygen atoms in total. The van der Waals surface area contributed by atoms with Crippen molar-refractivity contribution in [1.29, 1.82) is 0 Å². The molecule has 2 fully saturated rings. The molecule has 0 saturated carbocycles. The summed E-state index contributed by atoms with van der Waals surface area (Å²) < 4.78 is 13.1. The van der Waals surface area contributed by atoms with E-state index in [1.807, 2.05) is 48.5 Å². The molecule has 0 aromatic heterocycles. The number of nitro benzene ring substituents is 1. The first-order chi connectivity index (χ1) is 23.4. The Morgan fingerprint density at radius 2 is 1.35 bits per heavy atom. The van der Waals surface area contributed by atoms with Crippen LogP contribution in [0, 0.1) is 10.1 Å². The van der Waals surface area contributed by atoms with Gasteiger partial charge in [-0.1, -0.05) is 60.7 Å². The van der Waals surface area contributed by atoms with Crippen LogP contribution in [-0.2, 0) is 22.6 Å². The number of carbonyl (C=O) groups excluding carboxylic acids is 2. The minimum absolute atomic E-state index is 0.0287. The Morgan fingerprint density at radius 3 is 1.96 bits per heavy atom. The van der Waals surface area contributed by atoms with Gasteiger partial charge in [0.2, 0.25) is 0 Å². The van der Waals surface area contributed by atoms with Gasteiger partial charge < -0.3 is 19.5 Å². The summed E-state index contributed by atoms with van der Waals surface area (Å²) in [4.78, 5) is 42.3. The lowest BCUT2D eigenvalue weighted by Crippen LogP contribution is -2.49. The highest BCUT2D eigenvalue weighted by Gasteiger charge is 2.36. The largest absolute Gasteiger partial charge is 0.392 e. The summed E-state index contributed by atoms with van der Waals surface area (Å²) in [5.41, 5.74) is 5.42. The number of hydrogen-bond donors (Lipinski definition) is 1. The number of fused-ring (bicyclic) bond motifs is 1. The lowest BCUT2D eigenvalue weighted by Gasteiger charge is -2.41. The van der Waals surface area contributed by atoms with Crippen molar-refractivity contribution in [2.45, 2.75) is 38.1 Å². The molecule has 246 valence electrons. The van der Waals surface area contributed by atoms with Crippen LogP contribution in [0.5, 0.6) is 0 Å². The Balaban J connectivity index is 1.03. The predicted molar refractivity (Wildman–Crippen MR) is 177 cm³/mol. The van der Waals surface area contributed by atoms with E-state index < -0.39 is 6.29 Å². The molecule has 3 heterocycles. The van der Waals surface area contributed by atoms with Crippen LogP contribution in [0.1, 0.15) is 61.8 Å². The van der Waals surface area contributed by atoms with Crippen molar-refractivity contribution < 1.29 is 29.1 Å². The molecule has 1 N–H and O–H groups in total. The number of aliphatic hydroxyl groups is 1. The second-order valence-corrected chi connectivity index (χ2v) is 12.4. The quantitative estimate of drug-likeness (QED) is 0.147. The topological polar surface area (TPSA) is 126 Å². The summed E-state index contributed by atoms with van der Waals surface area (Å²) in [5.74, 6) is -0.574. The molecule has 0 unspecified atom stereocenters. The molecule has 0 bridgehead atoms. The first kappa shape index (κ1) is 31.6. The van der Waals surface area contributed by atoms with Crippen molar-refractivity contribution in [3.8, 4) is 0 Å². The second kappa shape index (κ2) is 13.7. The van der Waals surface area contributed by atoms with E-state index in [2.05, 4.69) is 9.80 Å². The van der Waals surface area contributed by atoms with Crippen LogP contribution in [0.3, 0.4) is 0 Å². The fraction of sp³-hybridized carbons (Fsp3) is 0.297. The monoisotopic (exact) mass is 648 g/mol. The van der Waals surface area contributed by atoms with Crippen molar-refractivity contribution in [3.63, 3.8) is 0 Å². The molecular formula is C37H36N4O7.